The second-order valence-electron chi connectivity index (χ2n) is 22.7. The van der Waals surface area contributed by atoms with Crippen molar-refractivity contribution in [3.05, 3.63) is 24.3 Å². The van der Waals surface area contributed by atoms with Crippen LogP contribution in [0.25, 0.3) is 0 Å². The number of allylic oxidation sites excluding steroid dienone is 4. The molecule has 0 aliphatic rings. The molecule has 0 spiro atoms. The van der Waals surface area contributed by atoms with E-state index < -0.39 is 6.10 Å². The molecule has 0 heterocycles. The normalized spacial score (nSPS) is 12.1. The summed E-state index contributed by atoms with van der Waals surface area (Å²) in [6, 6.07) is 0. The summed E-state index contributed by atoms with van der Waals surface area (Å²) in [4.78, 5) is 37.9. The van der Waals surface area contributed by atoms with E-state index in [-0.39, 0.29) is 31.1 Å². The van der Waals surface area contributed by atoms with Crippen molar-refractivity contribution in [3.63, 3.8) is 0 Å². The van der Waals surface area contributed by atoms with Crippen molar-refractivity contribution in [1.29, 1.82) is 0 Å². The van der Waals surface area contributed by atoms with Gasteiger partial charge in [0.15, 0.2) is 6.10 Å². The Morgan fingerprint density at radius 1 is 0.270 bits per heavy atom. The summed E-state index contributed by atoms with van der Waals surface area (Å²) in [5.41, 5.74) is 0. The van der Waals surface area contributed by atoms with Gasteiger partial charge in [-0.3, -0.25) is 14.4 Å². The summed E-state index contributed by atoms with van der Waals surface area (Å²) in [5.74, 6) is -0.871. The first-order chi connectivity index (χ1) is 36.5. The van der Waals surface area contributed by atoms with Crippen molar-refractivity contribution in [3.8, 4) is 0 Å². The molecular weight excluding hydrogens is 913 g/mol. The number of ether oxygens (including phenoxy) is 3. The summed E-state index contributed by atoms with van der Waals surface area (Å²) >= 11 is 0. The maximum atomic E-state index is 12.8. The van der Waals surface area contributed by atoms with Gasteiger partial charge in [0.25, 0.3) is 0 Å². The van der Waals surface area contributed by atoms with Gasteiger partial charge in [0.2, 0.25) is 0 Å². The molecule has 0 aliphatic heterocycles. The van der Waals surface area contributed by atoms with Crippen LogP contribution in [0.4, 0.5) is 0 Å². The zero-order valence-corrected chi connectivity index (χ0v) is 50.1. The van der Waals surface area contributed by atoms with Crippen molar-refractivity contribution < 1.29 is 28.6 Å². The maximum Gasteiger partial charge on any atom is 0.306 e. The van der Waals surface area contributed by atoms with Crippen molar-refractivity contribution >= 4 is 17.9 Å². The van der Waals surface area contributed by atoms with Gasteiger partial charge in [-0.25, -0.2) is 0 Å². The molecule has 0 rings (SSSR count). The van der Waals surface area contributed by atoms with E-state index in [1.54, 1.807) is 0 Å². The van der Waals surface area contributed by atoms with E-state index in [1.807, 2.05) is 0 Å². The van der Waals surface area contributed by atoms with Crippen LogP contribution in [-0.2, 0) is 28.6 Å². The molecule has 436 valence electrons. The molecule has 74 heavy (non-hydrogen) atoms. The molecule has 0 aliphatic carbocycles. The van der Waals surface area contributed by atoms with Gasteiger partial charge in [-0.2, -0.15) is 0 Å². The first kappa shape index (κ1) is 71.9. The fourth-order valence-electron chi connectivity index (χ4n) is 10.2. The van der Waals surface area contributed by atoms with E-state index >= 15 is 0 Å². The fourth-order valence-corrected chi connectivity index (χ4v) is 10.2. The molecule has 0 radical (unpaired) electrons. The van der Waals surface area contributed by atoms with Crippen LogP contribution in [0, 0.1) is 0 Å². The quantitative estimate of drug-likeness (QED) is 0.0261. The first-order valence-corrected chi connectivity index (χ1v) is 33.3. The average Bonchev–Trinajstić information content (AvgIpc) is 3.40. The molecule has 6 nitrogen and oxygen atoms in total. The van der Waals surface area contributed by atoms with Gasteiger partial charge in [-0.1, -0.05) is 328 Å². The Bertz CT molecular complexity index is 1190. The van der Waals surface area contributed by atoms with E-state index in [2.05, 4.69) is 45.1 Å². The highest BCUT2D eigenvalue weighted by Gasteiger charge is 2.19. The minimum absolute atomic E-state index is 0.0704. The molecule has 6 heteroatoms. The molecule has 0 aromatic carbocycles. The summed E-state index contributed by atoms with van der Waals surface area (Å²) in [6.07, 6.45) is 77.0. The Hall–Kier alpha value is -2.11. The Balaban J connectivity index is 3.88. The molecule has 0 N–H and O–H groups in total. The van der Waals surface area contributed by atoms with Gasteiger partial charge >= 0.3 is 17.9 Å². The summed E-state index contributed by atoms with van der Waals surface area (Å²) in [6.45, 7) is 6.59. The highest BCUT2D eigenvalue weighted by Crippen LogP contribution is 2.18. The fraction of sp³-hybridized carbons (Fsp3) is 0.897. The monoisotopic (exact) mass is 1040 g/mol. The number of carbonyl (C=O) groups excluding carboxylic acids is 3. The average molecular weight is 1040 g/mol. The Morgan fingerprint density at radius 2 is 0.486 bits per heavy atom. The molecule has 0 amide bonds. The van der Waals surface area contributed by atoms with E-state index in [0.717, 1.165) is 77.0 Å². The van der Waals surface area contributed by atoms with Crippen molar-refractivity contribution in [2.24, 2.45) is 0 Å². The van der Waals surface area contributed by atoms with Gasteiger partial charge in [-0.15, -0.1) is 0 Å². The smallest absolute Gasteiger partial charge is 0.306 e. The summed E-state index contributed by atoms with van der Waals surface area (Å²) in [5, 5.41) is 0. The SMILES string of the molecule is CCCCCC/C=C\C/C=C\CCCCCCCCCC(=O)OC(COC(=O)CCCCCCC)COC(=O)CCCCCCCCCCCCCCCCCCCCCCCCCCCCCCCCCCC. The Kier molecular flexibility index (Phi) is 61.6. The number of unbranched alkanes of at least 4 members (excludes halogenated alkanes) is 47. The molecule has 0 aromatic heterocycles. The third kappa shape index (κ3) is 60.8. The highest BCUT2D eigenvalue weighted by molar-refractivity contribution is 5.71. The van der Waals surface area contributed by atoms with Crippen LogP contribution < -0.4 is 0 Å². The third-order valence-electron chi connectivity index (χ3n) is 15.2. The van der Waals surface area contributed by atoms with Crippen LogP contribution in [0.15, 0.2) is 24.3 Å². The summed E-state index contributed by atoms with van der Waals surface area (Å²) < 4.78 is 16.8. The van der Waals surface area contributed by atoms with Crippen molar-refractivity contribution in [2.45, 2.75) is 380 Å². The third-order valence-corrected chi connectivity index (χ3v) is 15.2. The molecule has 0 aromatic rings. The van der Waals surface area contributed by atoms with Crippen LogP contribution in [0.5, 0.6) is 0 Å². The van der Waals surface area contributed by atoms with Crippen LogP contribution in [0.1, 0.15) is 374 Å². The summed E-state index contributed by atoms with van der Waals surface area (Å²) in [7, 11) is 0. The molecule has 0 fully saturated rings. The zero-order valence-electron chi connectivity index (χ0n) is 50.1. The van der Waals surface area contributed by atoms with Gasteiger partial charge in [0.1, 0.15) is 13.2 Å². The van der Waals surface area contributed by atoms with Gasteiger partial charge < -0.3 is 14.2 Å². The number of rotatable bonds is 62. The van der Waals surface area contributed by atoms with Gasteiger partial charge in [0, 0.05) is 19.3 Å². The Labute approximate surface area is 462 Å². The predicted octanol–water partition coefficient (Wildman–Crippen LogP) is 22.6. The standard InChI is InChI=1S/C68H128O6/c1-4-7-10-13-15-17-19-21-23-25-27-28-29-30-31-32-33-34-35-36-37-38-39-40-41-43-44-46-48-50-52-55-58-61-67(70)73-64-65(63-72-66(69)60-57-54-12-9-6-3)74-68(71)62-59-56-53-51-49-47-45-42-26-24-22-20-18-16-14-11-8-5-2/h18,20,24,26,65H,4-17,19,21-23,25,27-64H2,1-3H3/b20-18-,26-24-. The van der Waals surface area contributed by atoms with Crippen LogP contribution in [0.3, 0.4) is 0 Å². The number of hydrogen-bond acceptors (Lipinski definition) is 6. The topological polar surface area (TPSA) is 78.9 Å². The van der Waals surface area contributed by atoms with Crippen LogP contribution in [-0.4, -0.2) is 37.2 Å². The second kappa shape index (κ2) is 63.4. The maximum absolute atomic E-state index is 12.8. The lowest BCUT2D eigenvalue weighted by Gasteiger charge is -2.18. The lowest BCUT2D eigenvalue weighted by molar-refractivity contribution is -0.167. The van der Waals surface area contributed by atoms with Crippen LogP contribution in [0.2, 0.25) is 0 Å². The minimum atomic E-state index is -0.769. The van der Waals surface area contributed by atoms with Gasteiger partial charge in [0.05, 0.1) is 0 Å². The molecule has 1 atom stereocenters. The van der Waals surface area contributed by atoms with Gasteiger partial charge in [-0.05, 0) is 51.4 Å². The van der Waals surface area contributed by atoms with E-state index in [4.69, 9.17) is 14.2 Å². The molecule has 0 saturated heterocycles. The number of hydrogen-bond donors (Lipinski definition) is 0. The molecule has 0 saturated carbocycles. The molecular formula is C68H128O6. The second-order valence-corrected chi connectivity index (χ2v) is 22.7. The van der Waals surface area contributed by atoms with E-state index in [1.165, 1.54) is 257 Å². The molecule has 0 bridgehead atoms. The number of esters is 3. The lowest BCUT2D eigenvalue weighted by Crippen LogP contribution is -2.30. The number of carbonyl (C=O) groups is 3. The lowest BCUT2D eigenvalue weighted by atomic mass is 10.0. The van der Waals surface area contributed by atoms with Crippen molar-refractivity contribution in [1.82, 2.24) is 0 Å². The Morgan fingerprint density at radius 3 is 0.757 bits per heavy atom. The molecule has 1 unspecified atom stereocenters. The van der Waals surface area contributed by atoms with E-state index in [0.29, 0.717) is 19.3 Å². The zero-order chi connectivity index (χ0) is 53.6. The highest BCUT2D eigenvalue weighted by atomic mass is 16.6. The first-order valence-electron chi connectivity index (χ1n) is 33.3. The van der Waals surface area contributed by atoms with Crippen LogP contribution >= 0.6 is 0 Å². The minimum Gasteiger partial charge on any atom is -0.462 e. The van der Waals surface area contributed by atoms with Crippen molar-refractivity contribution in [2.75, 3.05) is 13.2 Å². The predicted molar refractivity (Wildman–Crippen MR) is 321 cm³/mol. The largest absolute Gasteiger partial charge is 0.462 e. The van der Waals surface area contributed by atoms with E-state index in [9.17, 15) is 14.4 Å².